The van der Waals surface area contributed by atoms with E-state index in [9.17, 15) is 9.59 Å². The maximum absolute atomic E-state index is 12.7. The van der Waals surface area contributed by atoms with Crippen molar-refractivity contribution in [3.8, 4) is 0 Å². The summed E-state index contributed by atoms with van der Waals surface area (Å²) in [5.41, 5.74) is 0.585. The van der Waals surface area contributed by atoms with Gasteiger partial charge in [-0.25, -0.2) is 4.79 Å². The number of hydrogen-bond acceptors (Lipinski definition) is 3. The van der Waals surface area contributed by atoms with Crippen LogP contribution in [0.4, 0.5) is 10.5 Å². The van der Waals surface area contributed by atoms with Gasteiger partial charge in [0.2, 0.25) is 0 Å². The third-order valence-electron chi connectivity index (χ3n) is 3.49. The maximum atomic E-state index is 12.7. The molecule has 0 spiro atoms. The number of amides is 2. The molecule has 0 aliphatic heterocycles. The maximum Gasteiger partial charge on any atom is 0.412 e. The first kappa shape index (κ1) is 17.3. The molecule has 1 aliphatic carbocycles. The molecule has 0 bridgehead atoms. The molecule has 0 aromatic heterocycles. The fraction of sp³-hybridized carbons (Fsp3) is 0.556. The Bertz CT molecular complexity index is 584. The van der Waals surface area contributed by atoms with Crippen LogP contribution in [0.25, 0.3) is 0 Å². The molecule has 1 aromatic rings. The van der Waals surface area contributed by atoms with E-state index in [-0.39, 0.29) is 11.9 Å². The molecular formula is C18H26N2O3. The molecule has 0 saturated heterocycles. The number of nitrogens with zero attached hydrogens (tertiary/aromatic N) is 1. The van der Waals surface area contributed by atoms with Crippen molar-refractivity contribution in [1.82, 2.24) is 4.90 Å². The lowest BCUT2D eigenvalue weighted by atomic mass is 10.1. The van der Waals surface area contributed by atoms with Gasteiger partial charge in [-0.1, -0.05) is 6.07 Å². The standard InChI is InChI=1S/C18H26N2O3/c1-12(2)20(15-9-10-15)16(21)13-7-6-8-14(11-13)19-17(22)23-18(3,4)5/h6-8,11-12,15H,9-10H2,1-5H3,(H,19,22). The zero-order chi connectivity index (χ0) is 17.2. The molecule has 1 fully saturated rings. The summed E-state index contributed by atoms with van der Waals surface area (Å²) >= 11 is 0. The van der Waals surface area contributed by atoms with Crippen LogP contribution in [0.15, 0.2) is 24.3 Å². The van der Waals surface area contributed by atoms with Crippen LogP contribution < -0.4 is 5.32 Å². The molecule has 0 radical (unpaired) electrons. The van der Waals surface area contributed by atoms with Crippen LogP contribution in [0.1, 0.15) is 57.8 Å². The number of benzene rings is 1. The second-order valence-corrected chi connectivity index (χ2v) is 7.25. The van der Waals surface area contributed by atoms with Gasteiger partial charge in [-0.05, 0) is 65.7 Å². The van der Waals surface area contributed by atoms with E-state index in [2.05, 4.69) is 5.32 Å². The normalized spacial score (nSPS) is 14.5. The fourth-order valence-electron chi connectivity index (χ4n) is 2.48. The van der Waals surface area contributed by atoms with E-state index >= 15 is 0 Å². The van der Waals surface area contributed by atoms with Gasteiger partial charge in [-0.3, -0.25) is 10.1 Å². The monoisotopic (exact) mass is 318 g/mol. The van der Waals surface area contributed by atoms with E-state index in [0.29, 0.717) is 17.3 Å². The minimum atomic E-state index is -0.558. The van der Waals surface area contributed by atoms with E-state index in [1.807, 2.05) is 39.5 Å². The minimum Gasteiger partial charge on any atom is -0.444 e. The van der Waals surface area contributed by atoms with E-state index in [0.717, 1.165) is 12.8 Å². The Morgan fingerprint density at radius 1 is 1.26 bits per heavy atom. The van der Waals surface area contributed by atoms with Crippen molar-refractivity contribution in [2.75, 3.05) is 5.32 Å². The summed E-state index contributed by atoms with van der Waals surface area (Å²) in [5, 5.41) is 2.67. The molecular weight excluding hydrogens is 292 g/mol. The Hall–Kier alpha value is -2.04. The molecule has 0 atom stereocenters. The summed E-state index contributed by atoms with van der Waals surface area (Å²) in [6.07, 6.45) is 1.62. The molecule has 2 rings (SSSR count). The second kappa shape index (κ2) is 6.60. The topological polar surface area (TPSA) is 58.6 Å². The van der Waals surface area contributed by atoms with Crippen LogP contribution in [0.2, 0.25) is 0 Å². The highest BCUT2D eigenvalue weighted by Crippen LogP contribution is 2.30. The van der Waals surface area contributed by atoms with Crippen LogP contribution in [0.5, 0.6) is 0 Å². The predicted molar refractivity (Wildman–Crippen MR) is 90.6 cm³/mol. The molecule has 1 saturated carbocycles. The van der Waals surface area contributed by atoms with Gasteiger partial charge < -0.3 is 9.64 Å². The molecule has 126 valence electrons. The smallest absolute Gasteiger partial charge is 0.412 e. The van der Waals surface area contributed by atoms with Gasteiger partial charge in [0, 0.05) is 23.3 Å². The quantitative estimate of drug-likeness (QED) is 0.911. The molecule has 23 heavy (non-hydrogen) atoms. The average molecular weight is 318 g/mol. The van der Waals surface area contributed by atoms with Crippen LogP contribution in [-0.2, 0) is 4.74 Å². The molecule has 1 N–H and O–H groups in total. The van der Waals surface area contributed by atoms with Crippen molar-refractivity contribution in [3.63, 3.8) is 0 Å². The largest absolute Gasteiger partial charge is 0.444 e. The Kier molecular flexibility index (Phi) is 4.97. The summed E-state index contributed by atoms with van der Waals surface area (Å²) in [4.78, 5) is 26.5. The molecule has 1 aromatic carbocycles. The number of rotatable bonds is 4. The highest BCUT2D eigenvalue weighted by atomic mass is 16.6. The van der Waals surface area contributed by atoms with Gasteiger partial charge in [0.05, 0.1) is 0 Å². The zero-order valence-corrected chi connectivity index (χ0v) is 14.6. The fourth-order valence-corrected chi connectivity index (χ4v) is 2.48. The first-order valence-corrected chi connectivity index (χ1v) is 8.10. The number of carbonyl (C=O) groups excluding carboxylic acids is 2. The summed E-state index contributed by atoms with van der Waals surface area (Å²) < 4.78 is 5.23. The van der Waals surface area contributed by atoms with Crippen molar-refractivity contribution >= 4 is 17.7 Å². The summed E-state index contributed by atoms with van der Waals surface area (Å²) in [6.45, 7) is 9.48. The predicted octanol–water partition coefficient (Wildman–Crippen LogP) is 4.05. The van der Waals surface area contributed by atoms with Crippen LogP contribution in [0, 0.1) is 0 Å². The van der Waals surface area contributed by atoms with Gasteiger partial charge in [0.1, 0.15) is 5.60 Å². The van der Waals surface area contributed by atoms with Crippen molar-refractivity contribution in [2.45, 2.75) is 65.1 Å². The molecule has 5 nitrogen and oxygen atoms in total. The molecule has 0 heterocycles. The Morgan fingerprint density at radius 2 is 1.91 bits per heavy atom. The third kappa shape index (κ3) is 4.98. The van der Waals surface area contributed by atoms with Crippen LogP contribution in [0.3, 0.4) is 0 Å². The van der Waals surface area contributed by atoms with Gasteiger partial charge in [-0.15, -0.1) is 0 Å². The number of anilines is 1. The third-order valence-corrected chi connectivity index (χ3v) is 3.49. The number of hydrogen-bond donors (Lipinski definition) is 1. The SMILES string of the molecule is CC(C)N(C(=O)c1cccc(NC(=O)OC(C)(C)C)c1)C1CC1. The van der Waals surface area contributed by atoms with Crippen molar-refractivity contribution < 1.29 is 14.3 Å². The van der Waals surface area contributed by atoms with Crippen molar-refractivity contribution in [3.05, 3.63) is 29.8 Å². The Labute approximate surface area is 138 Å². The first-order valence-electron chi connectivity index (χ1n) is 8.10. The summed E-state index contributed by atoms with van der Waals surface area (Å²) in [6, 6.07) is 7.51. The molecule has 2 amide bonds. The summed E-state index contributed by atoms with van der Waals surface area (Å²) in [7, 11) is 0. The Balaban J connectivity index is 2.10. The summed E-state index contributed by atoms with van der Waals surface area (Å²) in [5.74, 6) is 0.00957. The van der Waals surface area contributed by atoms with Gasteiger partial charge in [0.25, 0.3) is 5.91 Å². The van der Waals surface area contributed by atoms with Crippen LogP contribution in [-0.4, -0.2) is 34.6 Å². The lowest BCUT2D eigenvalue weighted by Crippen LogP contribution is -2.38. The van der Waals surface area contributed by atoms with Crippen molar-refractivity contribution in [1.29, 1.82) is 0 Å². The van der Waals surface area contributed by atoms with Gasteiger partial charge >= 0.3 is 6.09 Å². The molecule has 5 heteroatoms. The van der Waals surface area contributed by atoms with E-state index in [1.165, 1.54) is 0 Å². The molecule has 0 unspecified atom stereocenters. The number of ether oxygens (including phenoxy) is 1. The lowest BCUT2D eigenvalue weighted by molar-refractivity contribution is 0.0633. The van der Waals surface area contributed by atoms with Crippen LogP contribution >= 0.6 is 0 Å². The highest BCUT2D eigenvalue weighted by Gasteiger charge is 2.34. The average Bonchev–Trinajstić information content (AvgIpc) is 3.20. The second-order valence-electron chi connectivity index (χ2n) is 7.25. The van der Waals surface area contributed by atoms with E-state index in [4.69, 9.17) is 4.74 Å². The molecule has 1 aliphatic rings. The highest BCUT2D eigenvalue weighted by molar-refractivity contribution is 5.96. The van der Waals surface area contributed by atoms with E-state index in [1.54, 1.807) is 24.3 Å². The zero-order valence-electron chi connectivity index (χ0n) is 14.6. The van der Waals surface area contributed by atoms with Gasteiger partial charge in [-0.2, -0.15) is 0 Å². The lowest BCUT2D eigenvalue weighted by Gasteiger charge is -2.27. The van der Waals surface area contributed by atoms with Crippen molar-refractivity contribution in [2.24, 2.45) is 0 Å². The Morgan fingerprint density at radius 3 is 2.43 bits per heavy atom. The minimum absolute atomic E-state index is 0.00957. The van der Waals surface area contributed by atoms with E-state index < -0.39 is 11.7 Å². The van der Waals surface area contributed by atoms with Gasteiger partial charge in [0.15, 0.2) is 0 Å². The number of nitrogens with one attached hydrogen (secondary N) is 1. The first-order chi connectivity index (χ1) is 10.7. The number of carbonyl (C=O) groups is 2.